The summed E-state index contributed by atoms with van der Waals surface area (Å²) in [6, 6.07) is 11.6. The molecule has 0 unspecified atom stereocenters. The second kappa shape index (κ2) is 4.36. The van der Waals surface area contributed by atoms with Crippen molar-refractivity contribution in [2.24, 2.45) is 0 Å². The molecule has 0 fully saturated rings. The summed E-state index contributed by atoms with van der Waals surface area (Å²) < 4.78 is 27.9. The van der Waals surface area contributed by atoms with Crippen LogP contribution in [-0.4, -0.2) is 0 Å². The Hall–Kier alpha value is -2.41. The molecule has 0 saturated heterocycles. The number of benzene rings is 2. The molecular formula is C15H10F2N2. The van der Waals surface area contributed by atoms with Crippen LogP contribution in [0.15, 0.2) is 36.4 Å². The molecular weight excluding hydrogens is 246 g/mol. The average Bonchev–Trinajstić information content (AvgIpc) is 2.80. The first-order valence-corrected chi connectivity index (χ1v) is 5.90. The first-order chi connectivity index (χ1) is 9.19. The van der Waals surface area contributed by atoms with Crippen molar-refractivity contribution in [3.8, 4) is 6.07 Å². The Labute approximate surface area is 109 Å². The molecule has 0 aromatic heterocycles. The monoisotopic (exact) mass is 256 g/mol. The van der Waals surface area contributed by atoms with Crippen molar-refractivity contribution in [1.29, 1.82) is 5.26 Å². The minimum atomic E-state index is -0.690. The molecule has 94 valence electrons. The van der Waals surface area contributed by atoms with Gasteiger partial charge in [0.25, 0.3) is 0 Å². The van der Waals surface area contributed by atoms with Gasteiger partial charge in [0.05, 0.1) is 11.6 Å². The first-order valence-electron chi connectivity index (χ1n) is 5.90. The molecule has 0 atom stereocenters. The predicted molar refractivity (Wildman–Crippen MR) is 67.4 cm³/mol. The van der Waals surface area contributed by atoms with Crippen LogP contribution in [0.1, 0.15) is 16.7 Å². The molecule has 0 aliphatic carbocycles. The van der Waals surface area contributed by atoms with E-state index in [-0.39, 0.29) is 11.3 Å². The predicted octanol–water partition coefficient (Wildman–Crippen LogP) is 3.36. The van der Waals surface area contributed by atoms with Crippen LogP contribution >= 0.6 is 0 Å². The SMILES string of the molecule is N#Cc1cc(F)c(N2Cc3ccccc3C2)c(F)c1. The topological polar surface area (TPSA) is 27.0 Å². The van der Waals surface area contributed by atoms with E-state index in [1.54, 1.807) is 11.0 Å². The lowest BCUT2D eigenvalue weighted by Gasteiger charge is -2.19. The van der Waals surface area contributed by atoms with Crippen LogP contribution < -0.4 is 4.90 Å². The smallest absolute Gasteiger partial charge is 0.150 e. The summed E-state index contributed by atoms with van der Waals surface area (Å²) in [5.74, 6) is -1.38. The summed E-state index contributed by atoms with van der Waals surface area (Å²) in [6.07, 6.45) is 0. The minimum Gasteiger partial charge on any atom is -0.358 e. The zero-order valence-electron chi connectivity index (χ0n) is 10.0. The fourth-order valence-electron chi connectivity index (χ4n) is 2.42. The van der Waals surface area contributed by atoms with E-state index in [4.69, 9.17) is 5.26 Å². The highest BCUT2D eigenvalue weighted by atomic mass is 19.1. The molecule has 1 heterocycles. The summed E-state index contributed by atoms with van der Waals surface area (Å²) in [4.78, 5) is 1.65. The van der Waals surface area contributed by atoms with Crippen molar-refractivity contribution in [2.75, 3.05) is 4.90 Å². The van der Waals surface area contributed by atoms with Gasteiger partial charge in [-0.2, -0.15) is 5.26 Å². The lowest BCUT2D eigenvalue weighted by Crippen LogP contribution is -2.17. The van der Waals surface area contributed by atoms with Gasteiger partial charge in [-0.15, -0.1) is 0 Å². The van der Waals surface area contributed by atoms with E-state index >= 15 is 0 Å². The maximum Gasteiger partial charge on any atom is 0.150 e. The van der Waals surface area contributed by atoms with Crippen LogP contribution in [0, 0.1) is 23.0 Å². The molecule has 4 heteroatoms. The molecule has 2 aromatic rings. The lowest BCUT2D eigenvalue weighted by atomic mass is 10.1. The minimum absolute atomic E-state index is 0.00420. The molecule has 0 N–H and O–H groups in total. The number of fused-ring (bicyclic) bond motifs is 1. The van der Waals surface area contributed by atoms with Crippen molar-refractivity contribution >= 4 is 5.69 Å². The van der Waals surface area contributed by atoms with E-state index in [1.165, 1.54) is 0 Å². The molecule has 2 nitrogen and oxygen atoms in total. The molecule has 0 spiro atoms. The van der Waals surface area contributed by atoms with Crippen LogP contribution in [0.4, 0.5) is 14.5 Å². The largest absolute Gasteiger partial charge is 0.358 e. The van der Waals surface area contributed by atoms with E-state index in [2.05, 4.69) is 0 Å². The van der Waals surface area contributed by atoms with E-state index < -0.39 is 11.6 Å². The van der Waals surface area contributed by atoms with Gasteiger partial charge < -0.3 is 4.90 Å². The number of nitriles is 1. The van der Waals surface area contributed by atoms with Crippen molar-refractivity contribution in [1.82, 2.24) is 0 Å². The molecule has 2 aromatic carbocycles. The number of nitrogens with zero attached hydrogens (tertiary/aromatic N) is 2. The van der Waals surface area contributed by atoms with Gasteiger partial charge in [-0.3, -0.25) is 0 Å². The van der Waals surface area contributed by atoms with Gasteiger partial charge in [-0.1, -0.05) is 24.3 Å². The van der Waals surface area contributed by atoms with Crippen LogP contribution in [0.2, 0.25) is 0 Å². The first kappa shape index (κ1) is 11.7. The van der Waals surface area contributed by atoms with E-state index in [1.807, 2.05) is 24.3 Å². The third kappa shape index (κ3) is 1.93. The van der Waals surface area contributed by atoms with Crippen molar-refractivity contribution < 1.29 is 8.78 Å². The molecule has 3 rings (SSSR count). The molecule has 1 aliphatic heterocycles. The second-order valence-electron chi connectivity index (χ2n) is 4.53. The van der Waals surface area contributed by atoms with E-state index in [9.17, 15) is 8.78 Å². The van der Waals surface area contributed by atoms with Crippen molar-refractivity contribution in [2.45, 2.75) is 13.1 Å². The van der Waals surface area contributed by atoms with Gasteiger partial charge in [-0.05, 0) is 23.3 Å². The van der Waals surface area contributed by atoms with Gasteiger partial charge in [0, 0.05) is 13.1 Å². The zero-order valence-corrected chi connectivity index (χ0v) is 10.0. The Morgan fingerprint density at radius 2 is 1.53 bits per heavy atom. The maximum absolute atomic E-state index is 13.9. The number of hydrogen-bond acceptors (Lipinski definition) is 2. The Balaban J connectivity index is 2.00. The van der Waals surface area contributed by atoms with Gasteiger partial charge in [-0.25, -0.2) is 8.78 Å². The molecule has 0 saturated carbocycles. The van der Waals surface area contributed by atoms with Gasteiger partial charge in [0.2, 0.25) is 0 Å². The average molecular weight is 256 g/mol. The van der Waals surface area contributed by atoms with Crippen LogP contribution in [0.3, 0.4) is 0 Å². The normalized spacial score (nSPS) is 13.2. The van der Waals surface area contributed by atoms with Crippen molar-refractivity contribution in [3.63, 3.8) is 0 Å². The summed E-state index contributed by atoms with van der Waals surface area (Å²) >= 11 is 0. The molecule has 0 amide bonds. The van der Waals surface area contributed by atoms with Crippen LogP contribution in [-0.2, 0) is 13.1 Å². The number of hydrogen-bond donors (Lipinski definition) is 0. The molecule has 0 radical (unpaired) electrons. The van der Waals surface area contributed by atoms with Crippen LogP contribution in [0.25, 0.3) is 0 Å². The number of rotatable bonds is 1. The van der Waals surface area contributed by atoms with Gasteiger partial charge in [0.15, 0.2) is 11.6 Å². The standard InChI is InChI=1S/C15H10F2N2/c16-13-5-10(7-18)6-14(17)15(13)19-8-11-3-1-2-4-12(11)9-19/h1-6H,8-9H2. The second-order valence-corrected chi connectivity index (χ2v) is 4.53. The third-order valence-corrected chi connectivity index (χ3v) is 3.30. The Bertz CT molecular complexity index is 641. The fourth-order valence-corrected chi connectivity index (χ4v) is 2.42. The zero-order chi connectivity index (χ0) is 13.4. The Kier molecular flexibility index (Phi) is 2.68. The van der Waals surface area contributed by atoms with Crippen LogP contribution in [0.5, 0.6) is 0 Å². The highest BCUT2D eigenvalue weighted by molar-refractivity contribution is 5.56. The quantitative estimate of drug-likeness (QED) is 0.782. The highest BCUT2D eigenvalue weighted by Gasteiger charge is 2.24. The summed E-state index contributed by atoms with van der Waals surface area (Å²) in [5, 5.41) is 8.69. The number of halogens is 2. The third-order valence-electron chi connectivity index (χ3n) is 3.30. The van der Waals surface area contributed by atoms with E-state index in [0.29, 0.717) is 13.1 Å². The Morgan fingerprint density at radius 1 is 1.00 bits per heavy atom. The summed E-state index contributed by atoms with van der Waals surface area (Å²) in [7, 11) is 0. The highest BCUT2D eigenvalue weighted by Crippen LogP contribution is 2.32. The van der Waals surface area contributed by atoms with Crippen molar-refractivity contribution in [3.05, 3.63) is 64.7 Å². The fraction of sp³-hybridized carbons (Fsp3) is 0.133. The van der Waals surface area contributed by atoms with Gasteiger partial charge >= 0.3 is 0 Å². The molecule has 1 aliphatic rings. The number of anilines is 1. The summed E-state index contributed by atoms with van der Waals surface area (Å²) in [6.45, 7) is 0.964. The van der Waals surface area contributed by atoms with E-state index in [0.717, 1.165) is 23.3 Å². The summed E-state index contributed by atoms with van der Waals surface area (Å²) in [5.41, 5.74) is 2.09. The molecule has 19 heavy (non-hydrogen) atoms. The lowest BCUT2D eigenvalue weighted by molar-refractivity contribution is 0.572. The van der Waals surface area contributed by atoms with Gasteiger partial charge in [0.1, 0.15) is 5.69 Å². The molecule has 0 bridgehead atoms. The maximum atomic E-state index is 13.9. The Morgan fingerprint density at radius 3 is 2.00 bits per heavy atom.